The predicted octanol–water partition coefficient (Wildman–Crippen LogP) is 1.93. The lowest BCUT2D eigenvalue weighted by Gasteiger charge is -2.49. The van der Waals surface area contributed by atoms with Crippen LogP contribution in [-0.2, 0) is 19.2 Å². The first-order chi connectivity index (χ1) is 19.7. The molecule has 5 rings (SSSR count). The van der Waals surface area contributed by atoms with Crippen LogP contribution in [0.15, 0.2) is 44.3 Å². The third-order valence-corrected chi connectivity index (χ3v) is 10.0. The van der Waals surface area contributed by atoms with Crippen molar-refractivity contribution in [1.82, 2.24) is 25.4 Å². The molecule has 41 heavy (non-hydrogen) atoms. The van der Waals surface area contributed by atoms with Gasteiger partial charge in [0.25, 0.3) is 11.8 Å². The first-order valence-electron chi connectivity index (χ1n) is 11.8. The van der Waals surface area contributed by atoms with E-state index in [0.29, 0.717) is 26.2 Å². The number of aliphatic carboxylic acids is 1. The summed E-state index contributed by atoms with van der Waals surface area (Å²) in [5, 5.41) is 45.6. The van der Waals surface area contributed by atoms with Crippen LogP contribution in [0.1, 0.15) is 12.6 Å². The molecule has 1 saturated heterocycles. The van der Waals surface area contributed by atoms with Crippen LogP contribution in [0.4, 0.5) is 5.13 Å². The van der Waals surface area contributed by atoms with Gasteiger partial charge < -0.3 is 31.2 Å². The summed E-state index contributed by atoms with van der Waals surface area (Å²) in [5.41, 5.74) is 6.71. The zero-order valence-electron chi connectivity index (χ0n) is 21.0. The Labute approximate surface area is 248 Å². The number of carbonyl (C=O) groups is 3. The highest BCUT2D eigenvalue weighted by atomic mass is 32.2. The first-order valence-corrected chi connectivity index (χ1v) is 15.5. The van der Waals surface area contributed by atoms with Gasteiger partial charge in [0.05, 0.1) is 0 Å². The molecule has 1 unspecified atom stereocenters. The van der Waals surface area contributed by atoms with E-state index in [1.54, 1.807) is 18.4 Å². The molecule has 2 atom stereocenters. The summed E-state index contributed by atoms with van der Waals surface area (Å²) in [5.74, 6) is -2.48. The fraction of sp³-hybridized carbons (Fsp3) is 0.261. The lowest BCUT2D eigenvalue weighted by Crippen LogP contribution is -2.71. The number of carboxylic acids is 1. The van der Waals surface area contributed by atoms with Crippen LogP contribution in [0, 0.1) is 0 Å². The molecule has 6 N–H and O–H groups in total. The van der Waals surface area contributed by atoms with Gasteiger partial charge in [0, 0.05) is 22.4 Å². The van der Waals surface area contributed by atoms with Crippen molar-refractivity contribution in [3.05, 3.63) is 40.5 Å². The minimum Gasteiger partial charge on any atom is -0.504 e. The Balaban J connectivity index is 1.28. The van der Waals surface area contributed by atoms with E-state index in [9.17, 15) is 29.7 Å². The van der Waals surface area contributed by atoms with Crippen LogP contribution >= 0.6 is 46.2 Å². The number of anilines is 1. The number of amides is 2. The number of β-lactam (4-membered cyclic amide) rings is 1. The Morgan fingerprint density at radius 2 is 2.10 bits per heavy atom. The number of carboxylic acid groups (broad SMARTS) is 1. The largest absolute Gasteiger partial charge is 0.504 e. The number of benzene rings is 1. The van der Waals surface area contributed by atoms with Crippen LogP contribution < -0.4 is 11.1 Å². The van der Waals surface area contributed by atoms with Gasteiger partial charge in [0.15, 0.2) is 26.7 Å². The number of carbonyl (C=O) groups excluding carboxylic acids is 2. The van der Waals surface area contributed by atoms with E-state index in [0.717, 1.165) is 11.3 Å². The third-order valence-electron chi connectivity index (χ3n) is 5.80. The van der Waals surface area contributed by atoms with Gasteiger partial charge in [0.1, 0.15) is 34.4 Å². The maximum atomic E-state index is 13.1. The number of nitrogen functional groups attached to an aromatic ring is 1. The van der Waals surface area contributed by atoms with E-state index in [-0.39, 0.29) is 46.1 Å². The molecule has 2 aliphatic heterocycles. The summed E-state index contributed by atoms with van der Waals surface area (Å²) in [6.07, 6.45) is 0. The highest BCUT2D eigenvalue weighted by Gasteiger charge is 2.54. The SMILES string of the molecule is CCON=C(C(=O)NC1C(=O)N2C(C(=O)O)=C(CSc3nnc(-c4ccc(O)c(O)c4)s3)CS[C@@H]12)c1csc(N)n1. The number of rotatable bonds is 10. The standard InChI is InChI=1S/C23H21N7O7S4/c1-2-37-29-14(11-8-39-22(24)25-11)17(33)26-15-19(34)30-16(21(35)36)10(6-38-20(15)30)7-40-23-28-27-18(41-23)9-3-4-12(31)13(32)5-9/h3-5,8,15,20,31-32H,2,6-7H2,1H3,(H2,24,25)(H,26,33)(H,35,36)/t15?,20-/m0/s1. The number of aromatic hydroxyl groups is 2. The van der Waals surface area contributed by atoms with Gasteiger partial charge in [-0.1, -0.05) is 28.3 Å². The van der Waals surface area contributed by atoms with Gasteiger partial charge in [-0.05, 0) is 30.7 Å². The summed E-state index contributed by atoms with van der Waals surface area (Å²) in [4.78, 5) is 48.6. The molecule has 2 aliphatic rings. The Morgan fingerprint density at radius 1 is 1.29 bits per heavy atom. The molecular weight excluding hydrogens is 615 g/mol. The van der Waals surface area contributed by atoms with Crippen molar-refractivity contribution in [2.75, 3.05) is 23.8 Å². The van der Waals surface area contributed by atoms with Crippen molar-refractivity contribution in [2.45, 2.75) is 22.7 Å². The maximum Gasteiger partial charge on any atom is 0.352 e. The first kappa shape index (κ1) is 28.7. The number of nitrogens with zero attached hydrogens (tertiary/aromatic N) is 5. The van der Waals surface area contributed by atoms with E-state index in [1.807, 2.05) is 0 Å². The molecule has 0 spiro atoms. The van der Waals surface area contributed by atoms with Crippen LogP contribution in [0.25, 0.3) is 10.6 Å². The summed E-state index contributed by atoms with van der Waals surface area (Å²) in [7, 11) is 0. The lowest BCUT2D eigenvalue weighted by molar-refractivity contribution is -0.150. The Kier molecular flexibility index (Phi) is 8.34. The van der Waals surface area contributed by atoms with Gasteiger partial charge in [-0.3, -0.25) is 14.5 Å². The van der Waals surface area contributed by atoms with Gasteiger partial charge in [0.2, 0.25) is 0 Å². The second kappa shape index (κ2) is 11.9. The number of hydrogen-bond acceptors (Lipinski definition) is 15. The number of thiazole rings is 1. The van der Waals surface area contributed by atoms with Gasteiger partial charge in [-0.15, -0.1) is 33.3 Å². The minimum atomic E-state index is -1.25. The molecule has 2 aromatic heterocycles. The number of nitrogens with two attached hydrogens (primary N) is 1. The molecule has 214 valence electrons. The summed E-state index contributed by atoms with van der Waals surface area (Å²) >= 11 is 4.96. The smallest absolute Gasteiger partial charge is 0.352 e. The van der Waals surface area contributed by atoms with Crippen LogP contribution in [0.3, 0.4) is 0 Å². The lowest BCUT2D eigenvalue weighted by atomic mass is 10.0. The third kappa shape index (κ3) is 5.81. The van der Waals surface area contributed by atoms with Gasteiger partial charge in [-0.25, -0.2) is 9.78 Å². The summed E-state index contributed by atoms with van der Waals surface area (Å²) in [6, 6.07) is 3.34. The Hall–Kier alpha value is -3.87. The van der Waals surface area contributed by atoms with E-state index >= 15 is 0 Å². The molecule has 0 aliphatic carbocycles. The highest BCUT2D eigenvalue weighted by Crippen LogP contribution is 2.42. The van der Waals surface area contributed by atoms with Gasteiger partial charge >= 0.3 is 5.97 Å². The second-order valence-corrected chi connectivity index (χ2v) is 12.6. The number of nitrogens with one attached hydrogen (secondary N) is 1. The number of fused-ring (bicyclic) bond motifs is 1. The molecular formula is C23H21N7O7S4. The average Bonchev–Trinajstić information content (AvgIpc) is 3.60. The highest BCUT2D eigenvalue weighted by molar-refractivity contribution is 8.01. The molecule has 14 nitrogen and oxygen atoms in total. The van der Waals surface area contributed by atoms with Crippen LogP contribution in [-0.4, -0.2) is 88.4 Å². The minimum absolute atomic E-state index is 0.125. The van der Waals surface area contributed by atoms with Crippen LogP contribution in [0.2, 0.25) is 0 Å². The summed E-state index contributed by atoms with van der Waals surface area (Å²) < 4.78 is 0.556. The van der Waals surface area contributed by atoms with Crippen molar-refractivity contribution < 1.29 is 34.5 Å². The normalized spacial score (nSPS) is 18.6. The molecule has 4 heterocycles. The topological polar surface area (TPSA) is 213 Å². The number of hydrogen-bond donors (Lipinski definition) is 5. The molecule has 18 heteroatoms. The fourth-order valence-corrected chi connectivity index (χ4v) is 7.80. The molecule has 3 aromatic rings. The van der Waals surface area contributed by atoms with Crippen molar-refractivity contribution in [2.24, 2.45) is 5.16 Å². The number of oxime groups is 1. The van der Waals surface area contributed by atoms with E-state index in [4.69, 9.17) is 10.6 Å². The number of thioether (sulfide) groups is 2. The molecule has 1 fully saturated rings. The van der Waals surface area contributed by atoms with Crippen LogP contribution in [0.5, 0.6) is 11.5 Å². The predicted molar refractivity (Wildman–Crippen MR) is 154 cm³/mol. The molecule has 1 aromatic carbocycles. The second-order valence-electron chi connectivity index (χ2n) is 8.41. The average molecular weight is 636 g/mol. The van der Waals surface area contributed by atoms with Crippen molar-refractivity contribution >= 4 is 74.8 Å². The zero-order valence-corrected chi connectivity index (χ0v) is 24.3. The zero-order chi connectivity index (χ0) is 29.3. The number of phenols is 2. The molecule has 2 amide bonds. The van der Waals surface area contributed by atoms with E-state index in [2.05, 4.69) is 25.7 Å². The van der Waals surface area contributed by atoms with Crippen molar-refractivity contribution in [3.63, 3.8) is 0 Å². The monoisotopic (exact) mass is 635 g/mol. The van der Waals surface area contributed by atoms with E-state index in [1.165, 1.54) is 51.9 Å². The maximum absolute atomic E-state index is 13.1. The summed E-state index contributed by atoms with van der Waals surface area (Å²) in [6.45, 7) is 1.90. The number of phenolic OH excluding ortho intramolecular Hbond substituents is 2. The van der Waals surface area contributed by atoms with Crippen molar-refractivity contribution in [1.29, 1.82) is 0 Å². The van der Waals surface area contributed by atoms with Gasteiger partial charge in [-0.2, -0.15) is 0 Å². The Bertz CT molecular complexity index is 1590. The fourth-order valence-electron chi connectivity index (χ4n) is 3.92. The number of aromatic nitrogens is 3. The molecule has 0 saturated carbocycles. The Morgan fingerprint density at radius 3 is 2.78 bits per heavy atom. The van der Waals surface area contributed by atoms with E-state index < -0.39 is 29.2 Å². The van der Waals surface area contributed by atoms with Crippen molar-refractivity contribution in [3.8, 4) is 22.1 Å². The molecule has 0 bridgehead atoms. The molecule has 0 radical (unpaired) electrons. The quantitative estimate of drug-likeness (QED) is 0.0709.